The highest BCUT2D eigenvalue weighted by Crippen LogP contribution is 2.32. The van der Waals surface area contributed by atoms with Crippen molar-refractivity contribution in [3.63, 3.8) is 0 Å². The van der Waals surface area contributed by atoms with E-state index < -0.39 is 29.6 Å². The summed E-state index contributed by atoms with van der Waals surface area (Å²) in [6.07, 6.45) is -5.96. The SMILES string of the molecule is COCC(O)Cn1c(C(F)(F)F)nc2ccc([N+](=O)[O-])cc21. The smallest absolute Gasteiger partial charge is 0.389 e. The maximum absolute atomic E-state index is 13.1. The zero-order chi connectivity index (χ0) is 16.5. The number of aliphatic hydroxyl groups excluding tert-OH is 1. The van der Waals surface area contributed by atoms with Gasteiger partial charge < -0.3 is 14.4 Å². The van der Waals surface area contributed by atoms with Gasteiger partial charge in [0.05, 0.1) is 35.2 Å². The fraction of sp³-hybridized carbons (Fsp3) is 0.417. The molecule has 120 valence electrons. The summed E-state index contributed by atoms with van der Waals surface area (Å²) >= 11 is 0. The lowest BCUT2D eigenvalue weighted by molar-refractivity contribution is -0.384. The first-order valence-electron chi connectivity index (χ1n) is 6.13. The summed E-state index contributed by atoms with van der Waals surface area (Å²) < 4.78 is 44.5. The number of aliphatic hydroxyl groups is 1. The first kappa shape index (κ1) is 16.2. The van der Waals surface area contributed by atoms with Gasteiger partial charge in [-0.3, -0.25) is 10.1 Å². The first-order chi connectivity index (χ1) is 10.2. The molecule has 1 heterocycles. The zero-order valence-corrected chi connectivity index (χ0v) is 11.4. The standard InChI is InChI=1S/C12H12F3N3O4/c1-22-6-8(19)5-17-10-4-7(18(20)21)2-3-9(10)16-11(17)12(13,14)15/h2-4,8,19H,5-6H2,1H3. The highest BCUT2D eigenvalue weighted by atomic mass is 19.4. The van der Waals surface area contributed by atoms with Crippen molar-refractivity contribution in [2.45, 2.75) is 18.8 Å². The molecule has 0 saturated heterocycles. The Kier molecular flexibility index (Phi) is 4.33. The Labute approximate surface area is 122 Å². The van der Waals surface area contributed by atoms with Crippen LogP contribution in [-0.4, -0.2) is 39.4 Å². The van der Waals surface area contributed by atoms with E-state index in [1.54, 1.807) is 0 Å². The first-order valence-corrected chi connectivity index (χ1v) is 6.13. The number of aromatic nitrogens is 2. The average Bonchev–Trinajstić information content (AvgIpc) is 2.77. The number of ether oxygens (including phenoxy) is 1. The van der Waals surface area contributed by atoms with Crippen molar-refractivity contribution in [1.82, 2.24) is 9.55 Å². The summed E-state index contributed by atoms with van der Waals surface area (Å²) in [5.74, 6) is -1.22. The van der Waals surface area contributed by atoms with Crippen LogP contribution in [0.2, 0.25) is 0 Å². The Hall–Kier alpha value is -2.20. The molecule has 0 aliphatic rings. The summed E-state index contributed by atoms with van der Waals surface area (Å²) in [6.45, 7) is -0.619. The minimum atomic E-state index is -4.75. The van der Waals surface area contributed by atoms with Crippen molar-refractivity contribution in [3.05, 3.63) is 34.1 Å². The molecule has 7 nitrogen and oxygen atoms in total. The van der Waals surface area contributed by atoms with E-state index in [4.69, 9.17) is 0 Å². The van der Waals surface area contributed by atoms with E-state index in [0.29, 0.717) is 4.57 Å². The number of rotatable bonds is 5. The van der Waals surface area contributed by atoms with Crippen LogP contribution in [0.15, 0.2) is 18.2 Å². The topological polar surface area (TPSA) is 90.4 Å². The summed E-state index contributed by atoms with van der Waals surface area (Å²) in [6, 6.07) is 3.21. The molecule has 0 spiro atoms. The van der Waals surface area contributed by atoms with Gasteiger partial charge in [-0.2, -0.15) is 13.2 Å². The molecular weight excluding hydrogens is 307 g/mol. The minimum Gasteiger partial charge on any atom is -0.389 e. The van der Waals surface area contributed by atoms with Gasteiger partial charge in [-0.25, -0.2) is 4.98 Å². The second-order valence-corrected chi connectivity index (χ2v) is 4.58. The molecular formula is C12H12F3N3O4. The van der Waals surface area contributed by atoms with Crippen molar-refractivity contribution in [3.8, 4) is 0 Å². The molecule has 1 atom stereocenters. The third-order valence-electron chi connectivity index (χ3n) is 2.95. The summed E-state index contributed by atoms with van der Waals surface area (Å²) in [4.78, 5) is 13.5. The van der Waals surface area contributed by atoms with Gasteiger partial charge in [0.25, 0.3) is 5.69 Å². The monoisotopic (exact) mass is 319 g/mol. The number of nitro benzene ring substituents is 1. The van der Waals surface area contributed by atoms with Crippen LogP contribution in [0, 0.1) is 10.1 Å². The number of nitro groups is 1. The molecule has 0 fully saturated rings. The summed E-state index contributed by atoms with van der Waals surface area (Å²) in [5.41, 5.74) is -0.470. The van der Waals surface area contributed by atoms with E-state index in [1.807, 2.05) is 0 Å². The Morgan fingerprint density at radius 3 is 2.73 bits per heavy atom. The number of non-ortho nitro benzene ring substituents is 1. The third kappa shape index (κ3) is 3.17. The lowest BCUT2D eigenvalue weighted by Crippen LogP contribution is -2.25. The van der Waals surface area contributed by atoms with Crippen LogP contribution in [0.25, 0.3) is 11.0 Å². The minimum absolute atomic E-state index is 0.0393. The normalized spacial score (nSPS) is 13.5. The van der Waals surface area contributed by atoms with E-state index in [1.165, 1.54) is 7.11 Å². The van der Waals surface area contributed by atoms with Crippen LogP contribution in [0.4, 0.5) is 18.9 Å². The van der Waals surface area contributed by atoms with Crippen molar-refractivity contribution in [2.75, 3.05) is 13.7 Å². The van der Waals surface area contributed by atoms with E-state index in [-0.39, 0.29) is 23.3 Å². The van der Waals surface area contributed by atoms with Crippen LogP contribution < -0.4 is 0 Å². The van der Waals surface area contributed by atoms with Gasteiger partial charge in [-0.15, -0.1) is 0 Å². The number of methoxy groups -OCH3 is 1. The molecule has 0 amide bonds. The molecule has 1 aromatic carbocycles. The Morgan fingerprint density at radius 2 is 2.18 bits per heavy atom. The number of hydrogen-bond acceptors (Lipinski definition) is 5. The average molecular weight is 319 g/mol. The molecule has 0 aliphatic carbocycles. The van der Waals surface area contributed by atoms with E-state index in [2.05, 4.69) is 9.72 Å². The van der Waals surface area contributed by atoms with Gasteiger partial charge in [0.2, 0.25) is 5.82 Å². The number of nitrogens with zero attached hydrogens (tertiary/aromatic N) is 3. The van der Waals surface area contributed by atoms with Crippen molar-refractivity contribution >= 4 is 16.7 Å². The number of halogens is 3. The Balaban J connectivity index is 2.60. The molecule has 2 aromatic rings. The zero-order valence-electron chi connectivity index (χ0n) is 11.4. The molecule has 0 saturated carbocycles. The summed E-state index contributed by atoms with van der Waals surface area (Å²) in [5, 5.41) is 20.4. The maximum atomic E-state index is 13.1. The van der Waals surface area contributed by atoms with Gasteiger partial charge in [-0.05, 0) is 6.07 Å². The molecule has 0 radical (unpaired) electrons. The van der Waals surface area contributed by atoms with Gasteiger partial charge in [0, 0.05) is 19.2 Å². The quantitative estimate of drug-likeness (QED) is 0.672. The number of alkyl halides is 3. The van der Waals surface area contributed by atoms with Crippen LogP contribution >= 0.6 is 0 Å². The molecule has 1 N–H and O–H groups in total. The van der Waals surface area contributed by atoms with E-state index >= 15 is 0 Å². The number of hydrogen-bond donors (Lipinski definition) is 1. The van der Waals surface area contributed by atoms with Crippen LogP contribution in [-0.2, 0) is 17.5 Å². The van der Waals surface area contributed by atoms with Gasteiger partial charge in [0.1, 0.15) is 0 Å². The molecule has 0 bridgehead atoms. The number of imidazole rings is 1. The highest BCUT2D eigenvalue weighted by Gasteiger charge is 2.38. The molecule has 22 heavy (non-hydrogen) atoms. The Morgan fingerprint density at radius 1 is 1.50 bits per heavy atom. The van der Waals surface area contributed by atoms with E-state index in [9.17, 15) is 28.4 Å². The number of benzene rings is 1. The lowest BCUT2D eigenvalue weighted by Gasteiger charge is -2.15. The van der Waals surface area contributed by atoms with Crippen molar-refractivity contribution < 1.29 is 27.9 Å². The molecule has 2 rings (SSSR count). The molecule has 0 aliphatic heterocycles. The second-order valence-electron chi connectivity index (χ2n) is 4.58. The van der Waals surface area contributed by atoms with Gasteiger partial charge in [0.15, 0.2) is 0 Å². The predicted molar refractivity (Wildman–Crippen MR) is 69.3 cm³/mol. The predicted octanol–water partition coefficient (Wildman–Crippen LogP) is 1.97. The molecule has 1 aromatic heterocycles. The van der Waals surface area contributed by atoms with Crippen LogP contribution in [0.3, 0.4) is 0 Å². The fourth-order valence-corrected chi connectivity index (χ4v) is 2.08. The van der Waals surface area contributed by atoms with Crippen LogP contribution in [0.1, 0.15) is 5.82 Å². The third-order valence-corrected chi connectivity index (χ3v) is 2.95. The Bertz CT molecular complexity index is 699. The fourth-order valence-electron chi connectivity index (χ4n) is 2.08. The van der Waals surface area contributed by atoms with Crippen LogP contribution in [0.5, 0.6) is 0 Å². The summed E-state index contributed by atoms with van der Waals surface area (Å²) in [7, 11) is 1.30. The van der Waals surface area contributed by atoms with Crippen molar-refractivity contribution in [1.29, 1.82) is 0 Å². The number of fused-ring (bicyclic) bond motifs is 1. The van der Waals surface area contributed by atoms with Gasteiger partial charge in [-0.1, -0.05) is 0 Å². The van der Waals surface area contributed by atoms with Crippen molar-refractivity contribution in [2.24, 2.45) is 0 Å². The molecule has 10 heteroatoms. The second kappa shape index (κ2) is 5.89. The van der Waals surface area contributed by atoms with E-state index in [0.717, 1.165) is 18.2 Å². The van der Waals surface area contributed by atoms with Gasteiger partial charge >= 0.3 is 6.18 Å². The maximum Gasteiger partial charge on any atom is 0.449 e. The molecule has 1 unspecified atom stereocenters. The lowest BCUT2D eigenvalue weighted by atomic mass is 10.2. The largest absolute Gasteiger partial charge is 0.449 e. The highest BCUT2D eigenvalue weighted by molar-refractivity contribution is 5.79.